The molecule has 3 aromatic carbocycles. The first-order chi connectivity index (χ1) is 16.0. The molecule has 1 saturated heterocycles. The summed E-state index contributed by atoms with van der Waals surface area (Å²) in [4.78, 5) is 15.2. The topological polar surface area (TPSA) is 48.0 Å². The highest BCUT2D eigenvalue weighted by Crippen LogP contribution is 2.40. The van der Waals surface area contributed by atoms with E-state index < -0.39 is 0 Å². The summed E-state index contributed by atoms with van der Waals surface area (Å²) in [5.41, 5.74) is 3.71. The number of para-hydroxylation sites is 2. The highest BCUT2D eigenvalue weighted by Gasteiger charge is 2.34. The molecular formula is C26H23NO4S2. The van der Waals surface area contributed by atoms with Crippen molar-refractivity contribution < 1.29 is 19.0 Å². The van der Waals surface area contributed by atoms with E-state index in [1.165, 1.54) is 22.2 Å². The monoisotopic (exact) mass is 477 g/mol. The van der Waals surface area contributed by atoms with Crippen LogP contribution in [0.5, 0.6) is 17.2 Å². The molecule has 0 saturated carbocycles. The van der Waals surface area contributed by atoms with Gasteiger partial charge in [-0.25, -0.2) is 0 Å². The number of anilines is 1. The van der Waals surface area contributed by atoms with Crippen LogP contribution in [0.25, 0.3) is 6.08 Å². The van der Waals surface area contributed by atoms with E-state index in [2.05, 4.69) is 19.1 Å². The van der Waals surface area contributed by atoms with Crippen molar-refractivity contribution in [3.05, 3.63) is 88.3 Å². The fourth-order valence-corrected chi connectivity index (χ4v) is 4.78. The molecule has 1 aliphatic heterocycles. The Kier molecular flexibility index (Phi) is 7.01. The lowest BCUT2D eigenvalue weighted by atomic mass is 10.1. The van der Waals surface area contributed by atoms with Crippen LogP contribution in [0.2, 0.25) is 0 Å². The van der Waals surface area contributed by atoms with Crippen molar-refractivity contribution in [2.75, 3.05) is 19.1 Å². The number of thiocarbonyl (C=S) groups is 1. The first-order valence-electron chi connectivity index (χ1n) is 10.3. The zero-order valence-corrected chi connectivity index (χ0v) is 20.2. The number of rotatable bonds is 7. The van der Waals surface area contributed by atoms with Crippen molar-refractivity contribution in [3.63, 3.8) is 0 Å². The van der Waals surface area contributed by atoms with Gasteiger partial charge in [0.25, 0.3) is 5.91 Å². The number of carbonyl (C=O) groups is 1. The molecule has 4 rings (SSSR count). The summed E-state index contributed by atoms with van der Waals surface area (Å²) < 4.78 is 17.4. The highest BCUT2D eigenvalue weighted by molar-refractivity contribution is 8.27. The second kappa shape index (κ2) is 10.1. The van der Waals surface area contributed by atoms with Gasteiger partial charge in [0, 0.05) is 0 Å². The minimum atomic E-state index is -0.187. The van der Waals surface area contributed by atoms with Crippen LogP contribution in [0.1, 0.15) is 16.7 Å². The van der Waals surface area contributed by atoms with Gasteiger partial charge >= 0.3 is 0 Å². The molecule has 1 amide bonds. The number of ether oxygens (including phenoxy) is 3. The Morgan fingerprint density at radius 1 is 0.939 bits per heavy atom. The van der Waals surface area contributed by atoms with Crippen LogP contribution >= 0.6 is 24.0 Å². The van der Waals surface area contributed by atoms with E-state index in [0.29, 0.717) is 38.8 Å². The van der Waals surface area contributed by atoms with E-state index in [1.807, 2.05) is 54.6 Å². The Morgan fingerprint density at radius 3 is 2.48 bits per heavy atom. The van der Waals surface area contributed by atoms with E-state index in [0.717, 1.165) is 11.1 Å². The van der Waals surface area contributed by atoms with Crippen LogP contribution in [0.3, 0.4) is 0 Å². The third-order valence-corrected chi connectivity index (χ3v) is 6.38. The number of aryl methyl sites for hydroxylation is 1. The second-order valence-corrected chi connectivity index (χ2v) is 9.05. The molecule has 33 heavy (non-hydrogen) atoms. The first-order valence-corrected chi connectivity index (χ1v) is 11.5. The molecule has 1 fully saturated rings. The molecular weight excluding hydrogens is 454 g/mol. The zero-order valence-electron chi connectivity index (χ0n) is 18.5. The standard InChI is InChI=1S/C26H23NO4S2/c1-17-7-6-8-19(13-17)16-31-22-12-11-18(14-23(22)30-3)15-24-25(28)27(26(32)33-24)20-9-4-5-10-21(20)29-2/h4-15H,16H2,1-3H3. The smallest absolute Gasteiger partial charge is 0.270 e. The van der Waals surface area contributed by atoms with Crippen LogP contribution in [-0.4, -0.2) is 24.4 Å². The number of amides is 1. The predicted octanol–water partition coefficient (Wildman–Crippen LogP) is 6.00. The molecule has 0 N–H and O–H groups in total. The summed E-state index contributed by atoms with van der Waals surface area (Å²) >= 11 is 6.75. The lowest BCUT2D eigenvalue weighted by Gasteiger charge is -2.17. The van der Waals surface area contributed by atoms with Gasteiger partial charge in [0.05, 0.1) is 24.8 Å². The van der Waals surface area contributed by atoms with Crippen LogP contribution < -0.4 is 19.1 Å². The van der Waals surface area contributed by atoms with Gasteiger partial charge in [0.15, 0.2) is 15.8 Å². The van der Waals surface area contributed by atoms with Crippen LogP contribution in [-0.2, 0) is 11.4 Å². The summed E-state index contributed by atoms with van der Waals surface area (Å²) in [5, 5.41) is 0. The molecule has 0 aliphatic carbocycles. The third kappa shape index (κ3) is 5.05. The Hall–Kier alpha value is -3.29. The van der Waals surface area contributed by atoms with Gasteiger partial charge in [-0.2, -0.15) is 0 Å². The fraction of sp³-hybridized carbons (Fsp3) is 0.154. The Labute approximate surface area is 203 Å². The molecule has 7 heteroatoms. The lowest BCUT2D eigenvalue weighted by molar-refractivity contribution is -0.113. The lowest BCUT2D eigenvalue weighted by Crippen LogP contribution is -2.27. The third-order valence-electron chi connectivity index (χ3n) is 5.08. The first kappa shape index (κ1) is 22.9. The van der Waals surface area contributed by atoms with Crippen LogP contribution in [0.4, 0.5) is 5.69 Å². The molecule has 0 radical (unpaired) electrons. The summed E-state index contributed by atoms with van der Waals surface area (Å²) in [6, 6.07) is 21.1. The van der Waals surface area contributed by atoms with Gasteiger partial charge < -0.3 is 14.2 Å². The number of hydrogen-bond acceptors (Lipinski definition) is 6. The number of thioether (sulfide) groups is 1. The summed E-state index contributed by atoms with van der Waals surface area (Å²) in [5.74, 6) is 1.63. The van der Waals surface area contributed by atoms with Gasteiger partial charge in [-0.3, -0.25) is 9.69 Å². The molecule has 1 heterocycles. The summed E-state index contributed by atoms with van der Waals surface area (Å²) in [6.45, 7) is 2.49. The van der Waals surface area contributed by atoms with Gasteiger partial charge in [0.2, 0.25) is 0 Å². The van der Waals surface area contributed by atoms with Crippen molar-refractivity contribution in [3.8, 4) is 17.2 Å². The molecule has 1 aliphatic rings. The number of hydrogen-bond donors (Lipinski definition) is 0. The van der Waals surface area contributed by atoms with Crippen LogP contribution in [0, 0.1) is 6.92 Å². The van der Waals surface area contributed by atoms with E-state index in [-0.39, 0.29) is 5.91 Å². The predicted molar refractivity (Wildman–Crippen MR) is 137 cm³/mol. The quantitative estimate of drug-likeness (QED) is 0.307. The second-order valence-electron chi connectivity index (χ2n) is 7.38. The van der Waals surface area contributed by atoms with Gasteiger partial charge in [-0.15, -0.1) is 0 Å². The maximum atomic E-state index is 13.1. The Bertz CT molecular complexity index is 1240. The van der Waals surface area contributed by atoms with E-state index >= 15 is 0 Å². The van der Waals surface area contributed by atoms with E-state index in [9.17, 15) is 4.79 Å². The molecule has 0 atom stereocenters. The molecule has 0 unspecified atom stereocenters. The molecule has 3 aromatic rings. The molecule has 0 aromatic heterocycles. The summed E-state index contributed by atoms with van der Waals surface area (Å²) in [7, 11) is 3.17. The average Bonchev–Trinajstić information content (AvgIpc) is 3.10. The van der Waals surface area contributed by atoms with Crippen molar-refractivity contribution in [1.29, 1.82) is 0 Å². The van der Waals surface area contributed by atoms with Crippen LogP contribution in [0.15, 0.2) is 71.6 Å². The Balaban J connectivity index is 1.55. The van der Waals surface area contributed by atoms with E-state index in [1.54, 1.807) is 20.3 Å². The largest absolute Gasteiger partial charge is 0.495 e. The van der Waals surface area contributed by atoms with E-state index in [4.69, 9.17) is 26.4 Å². The highest BCUT2D eigenvalue weighted by atomic mass is 32.2. The SMILES string of the molecule is COc1cc(C=C2SC(=S)N(c3ccccc3OC)C2=O)ccc1OCc1cccc(C)c1. The maximum Gasteiger partial charge on any atom is 0.270 e. The maximum absolute atomic E-state index is 13.1. The van der Waals surface area contributed by atoms with Crippen molar-refractivity contribution >= 4 is 46.0 Å². The van der Waals surface area contributed by atoms with Crippen molar-refractivity contribution in [2.45, 2.75) is 13.5 Å². The number of methoxy groups -OCH3 is 2. The molecule has 5 nitrogen and oxygen atoms in total. The fourth-order valence-electron chi connectivity index (χ4n) is 3.50. The molecule has 0 spiro atoms. The van der Waals surface area contributed by atoms with Crippen molar-refractivity contribution in [1.82, 2.24) is 0 Å². The molecule has 0 bridgehead atoms. The number of benzene rings is 3. The zero-order chi connectivity index (χ0) is 23.4. The van der Waals surface area contributed by atoms with Crippen molar-refractivity contribution in [2.24, 2.45) is 0 Å². The number of nitrogens with zero attached hydrogens (tertiary/aromatic N) is 1. The Morgan fingerprint density at radius 2 is 1.73 bits per heavy atom. The summed E-state index contributed by atoms with van der Waals surface area (Å²) in [6.07, 6.45) is 1.81. The van der Waals surface area contributed by atoms with Gasteiger partial charge in [-0.1, -0.05) is 72.0 Å². The molecule has 168 valence electrons. The normalized spacial score (nSPS) is 14.6. The number of carbonyl (C=O) groups excluding carboxylic acids is 1. The minimum Gasteiger partial charge on any atom is -0.495 e. The van der Waals surface area contributed by atoms with Gasteiger partial charge in [0.1, 0.15) is 12.4 Å². The van der Waals surface area contributed by atoms with Gasteiger partial charge in [-0.05, 0) is 48.4 Å². The minimum absolute atomic E-state index is 0.187. The average molecular weight is 478 g/mol.